The van der Waals surface area contributed by atoms with Gasteiger partial charge in [-0.05, 0) is 70.6 Å². The summed E-state index contributed by atoms with van der Waals surface area (Å²) in [5.41, 5.74) is -1.78. The Morgan fingerprint density at radius 1 is 0.806 bits per heavy atom. The van der Waals surface area contributed by atoms with E-state index in [1.807, 2.05) is 24.3 Å². The van der Waals surface area contributed by atoms with Crippen molar-refractivity contribution in [1.82, 2.24) is 0 Å². The fourth-order valence-corrected chi connectivity index (χ4v) is 3.55. The molecule has 1 aromatic rings. The predicted molar refractivity (Wildman–Crippen MR) is 134 cm³/mol. The first-order chi connectivity index (χ1) is 17.3. The topological polar surface area (TPSA) is 118 Å². The second-order valence-electron chi connectivity index (χ2n) is 8.22. The maximum Gasteiger partial charge on any atom is 0.353 e. The quantitative estimate of drug-likeness (QED) is 0.136. The molecule has 0 saturated heterocycles. The lowest BCUT2D eigenvalue weighted by Gasteiger charge is -2.30. The zero-order valence-electron chi connectivity index (χ0n) is 22.2. The van der Waals surface area contributed by atoms with Crippen LogP contribution in [0.1, 0.15) is 72.3 Å². The Bertz CT molecular complexity index is 769. The van der Waals surface area contributed by atoms with Gasteiger partial charge in [-0.1, -0.05) is 32.4 Å². The summed E-state index contributed by atoms with van der Waals surface area (Å²) in [7, 11) is 0. The number of hydrogen-bond acceptors (Lipinski definition) is 9. The van der Waals surface area contributed by atoms with Crippen LogP contribution in [0.2, 0.25) is 0 Å². The van der Waals surface area contributed by atoms with Gasteiger partial charge in [0.05, 0.1) is 25.9 Å². The second-order valence-corrected chi connectivity index (χ2v) is 8.22. The summed E-state index contributed by atoms with van der Waals surface area (Å²) in [6.45, 7) is 8.57. The van der Waals surface area contributed by atoms with E-state index in [2.05, 4.69) is 13.8 Å². The first-order valence-electron chi connectivity index (χ1n) is 12.9. The fourth-order valence-electron chi connectivity index (χ4n) is 3.55. The SMILES string of the molecule is CCOC(=O)C(OCCCCCc1ccc(OC(CC)CC)cc1)C(O)(C(=O)OCC)C(=O)OCC. The first-order valence-corrected chi connectivity index (χ1v) is 12.9. The van der Waals surface area contributed by atoms with E-state index in [-0.39, 0.29) is 32.5 Å². The molecule has 0 aliphatic heterocycles. The zero-order valence-corrected chi connectivity index (χ0v) is 22.2. The summed E-state index contributed by atoms with van der Waals surface area (Å²) < 4.78 is 26.1. The molecule has 1 aromatic carbocycles. The minimum Gasteiger partial charge on any atom is -0.490 e. The summed E-state index contributed by atoms with van der Waals surface area (Å²) >= 11 is 0. The third kappa shape index (κ3) is 9.43. The van der Waals surface area contributed by atoms with Crippen molar-refractivity contribution in [1.29, 1.82) is 0 Å². The second kappa shape index (κ2) is 16.9. The van der Waals surface area contributed by atoms with Crippen LogP contribution in [0.25, 0.3) is 0 Å². The van der Waals surface area contributed by atoms with Gasteiger partial charge >= 0.3 is 17.9 Å². The van der Waals surface area contributed by atoms with Crippen molar-refractivity contribution in [2.45, 2.75) is 91.0 Å². The molecular formula is C27H42O9. The molecule has 0 aromatic heterocycles. The van der Waals surface area contributed by atoms with Gasteiger partial charge in [-0.3, -0.25) is 0 Å². The third-order valence-electron chi connectivity index (χ3n) is 5.58. The minimum atomic E-state index is -2.96. The highest BCUT2D eigenvalue weighted by atomic mass is 16.6. The summed E-state index contributed by atoms with van der Waals surface area (Å²) in [6.07, 6.45) is 3.26. The molecule has 0 aliphatic rings. The zero-order chi connectivity index (χ0) is 27.0. The molecule has 0 bridgehead atoms. The molecule has 0 heterocycles. The molecule has 0 saturated carbocycles. The molecule has 36 heavy (non-hydrogen) atoms. The van der Waals surface area contributed by atoms with Crippen LogP contribution in [0.15, 0.2) is 24.3 Å². The number of aliphatic hydroxyl groups is 1. The van der Waals surface area contributed by atoms with Gasteiger partial charge in [0.25, 0.3) is 5.60 Å². The fraction of sp³-hybridized carbons (Fsp3) is 0.667. The molecule has 1 N–H and O–H groups in total. The number of aryl methyl sites for hydroxylation is 1. The van der Waals surface area contributed by atoms with E-state index in [0.717, 1.165) is 37.9 Å². The Balaban J connectivity index is 2.68. The van der Waals surface area contributed by atoms with Gasteiger partial charge in [0.15, 0.2) is 0 Å². The van der Waals surface area contributed by atoms with Gasteiger partial charge in [-0.25, -0.2) is 14.4 Å². The van der Waals surface area contributed by atoms with E-state index in [9.17, 15) is 19.5 Å². The lowest BCUT2D eigenvalue weighted by atomic mass is 9.96. The summed E-state index contributed by atoms with van der Waals surface area (Å²) in [5.74, 6) is -2.82. The Kier molecular flexibility index (Phi) is 14.7. The minimum absolute atomic E-state index is 0.0206. The van der Waals surface area contributed by atoms with E-state index in [4.69, 9.17) is 23.7 Å². The molecule has 0 aliphatic carbocycles. The van der Waals surface area contributed by atoms with E-state index >= 15 is 0 Å². The molecule has 1 atom stereocenters. The molecule has 1 unspecified atom stereocenters. The van der Waals surface area contributed by atoms with E-state index in [0.29, 0.717) is 6.42 Å². The summed E-state index contributed by atoms with van der Waals surface area (Å²) in [6, 6.07) is 8.05. The lowest BCUT2D eigenvalue weighted by Crippen LogP contribution is -2.61. The Labute approximate surface area is 214 Å². The van der Waals surface area contributed by atoms with Gasteiger partial charge in [0.1, 0.15) is 5.75 Å². The number of benzene rings is 1. The average Bonchev–Trinajstić information content (AvgIpc) is 2.87. The Morgan fingerprint density at radius 2 is 1.36 bits per heavy atom. The van der Waals surface area contributed by atoms with Crippen molar-refractivity contribution >= 4 is 17.9 Å². The van der Waals surface area contributed by atoms with Crippen LogP contribution in [0.3, 0.4) is 0 Å². The number of ether oxygens (including phenoxy) is 5. The molecule has 0 spiro atoms. The standard InChI is InChI=1S/C27H42O9/c1-6-21(7-2)36-22-17-15-20(16-18-22)14-12-11-13-19-35-23(24(28)32-8-3)27(31,25(29)33-9-4)26(30)34-10-5/h15-18,21,23,31H,6-14,19H2,1-5H3. The number of esters is 3. The maximum absolute atomic E-state index is 12.5. The van der Waals surface area contributed by atoms with Crippen LogP contribution in [0.4, 0.5) is 0 Å². The molecule has 0 amide bonds. The van der Waals surface area contributed by atoms with E-state index < -0.39 is 29.6 Å². The van der Waals surface area contributed by atoms with E-state index in [1.165, 1.54) is 19.4 Å². The van der Waals surface area contributed by atoms with Gasteiger partial charge in [0.2, 0.25) is 6.10 Å². The average molecular weight is 511 g/mol. The molecule has 204 valence electrons. The molecule has 1 rings (SSSR count). The number of carbonyl (C=O) groups is 3. The highest BCUT2D eigenvalue weighted by Crippen LogP contribution is 2.22. The van der Waals surface area contributed by atoms with Crippen molar-refractivity contribution < 1.29 is 43.2 Å². The van der Waals surface area contributed by atoms with Crippen LogP contribution in [-0.2, 0) is 39.8 Å². The van der Waals surface area contributed by atoms with Crippen molar-refractivity contribution in [2.75, 3.05) is 26.4 Å². The van der Waals surface area contributed by atoms with Gasteiger partial charge in [-0.2, -0.15) is 0 Å². The van der Waals surface area contributed by atoms with Crippen molar-refractivity contribution in [3.8, 4) is 5.75 Å². The molecule has 0 radical (unpaired) electrons. The highest BCUT2D eigenvalue weighted by molar-refractivity contribution is 6.08. The summed E-state index contributed by atoms with van der Waals surface area (Å²) in [5, 5.41) is 10.9. The van der Waals surface area contributed by atoms with Crippen LogP contribution in [-0.4, -0.2) is 67.3 Å². The predicted octanol–water partition coefficient (Wildman–Crippen LogP) is 3.77. The molecule has 9 nitrogen and oxygen atoms in total. The number of rotatable bonds is 18. The first kappa shape index (κ1) is 31.4. The van der Waals surface area contributed by atoms with Crippen molar-refractivity contribution in [2.24, 2.45) is 0 Å². The summed E-state index contributed by atoms with van der Waals surface area (Å²) in [4.78, 5) is 37.5. The van der Waals surface area contributed by atoms with Crippen LogP contribution in [0, 0.1) is 0 Å². The number of unbranched alkanes of at least 4 members (excludes halogenated alkanes) is 2. The van der Waals surface area contributed by atoms with Crippen LogP contribution < -0.4 is 4.74 Å². The number of carbonyl (C=O) groups excluding carboxylic acids is 3. The molecular weight excluding hydrogens is 468 g/mol. The largest absolute Gasteiger partial charge is 0.490 e. The smallest absolute Gasteiger partial charge is 0.353 e. The van der Waals surface area contributed by atoms with Crippen LogP contribution >= 0.6 is 0 Å². The van der Waals surface area contributed by atoms with Gasteiger partial charge in [0, 0.05) is 6.61 Å². The number of hydrogen-bond donors (Lipinski definition) is 1. The van der Waals surface area contributed by atoms with Gasteiger partial charge < -0.3 is 28.8 Å². The van der Waals surface area contributed by atoms with E-state index in [1.54, 1.807) is 6.92 Å². The Hall–Kier alpha value is -2.65. The monoisotopic (exact) mass is 510 g/mol. The molecule has 0 fully saturated rings. The molecule has 9 heteroatoms. The third-order valence-corrected chi connectivity index (χ3v) is 5.58. The van der Waals surface area contributed by atoms with Gasteiger partial charge in [-0.15, -0.1) is 0 Å². The normalized spacial score (nSPS) is 12.2. The lowest BCUT2D eigenvalue weighted by molar-refractivity contribution is -0.208. The maximum atomic E-state index is 12.5. The van der Waals surface area contributed by atoms with Crippen LogP contribution in [0.5, 0.6) is 5.75 Å². The highest BCUT2D eigenvalue weighted by Gasteiger charge is 2.58. The van der Waals surface area contributed by atoms with Crippen molar-refractivity contribution in [3.63, 3.8) is 0 Å². The Morgan fingerprint density at radius 3 is 1.86 bits per heavy atom. The van der Waals surface area contributed by atoms with Crippen molar-refractivity contribution in [3.05, 3.63) is 29.8 Å².